The van der Waals surface area contributed by atoms with Gasteiger partial charge in [-0.3, -0.25) is 0 Å². The van der Waals surface area contributed by atoms with Crippen LogP contribution in [0.15, 0.2) is 22.5 Å². The van der Waals surface area contributed by atoms with Gasteiger partial charge < -0.3 is 0 Å². The molecule has 1 heterocycles. The highest BCUT2D eigenvalue weighted by atomic mass is 35.5. The summed E-state index contributed by atoms with van der Waals surface area (Å²) < 4.78 is 0. The Morgan fingerprint density at radius 3 is 2.82 bits per heavy atom. The van der Waals surface area contributed by atoms with Crippen molar-refractivity contribution in [2.75, 3.05) is 7.05 Å². The number of aryl methyl sites for hydroxylation is 1. The minimum absolute atomic E-state index is 0.622. The standard InChI is InChI=1S/C7H8ClN3/c1-5-3-6(8)4-10-7(5)11-9-2/h3-4H,1-2H3. The van der Waals surface area contributed by atoms with Gasteiger partial charge in [0, 0.05) is 13.2 Å². The number of rotatable bonds is 1. The number of aromatic nitrogens is 1. The molecule has 0 aromatic carbocycles. The van der Waals surface area contributed by atoms with Gasteiger partial charge in [0.15, 0.2) is 5.82 Å². The Bertz CT molecular complexity index is 283. The van der Waals surface area contributed by atoms with Crippen molar-refractivity contribution in [1.29, 1.82) is 0 Å². The minimum Gasteiger partial charge on any atom is -0.234 e. The van der Waals surface area contributed by atoms with E-state index in [9.17, 15) is 0 Å². The van der Waals surface area contributed by atoms with Crippen molar-refractivity contribution in [3.05, 3.63) is 22.8 Å². The van der Waals surface area contributed by atoms with Crippen molar-refractivity contribution in [3.8, 4) is 0 Å². The SMILES string of the molecule is CN=Nc1ncc(Cl)cc1C. The van der Waals surface area contributed by atoms with Gasteiger partial charge in [-0.15, -0.1) is 5.11 Å². The Morgan fingerprint density at radius 2 is 2.27 bits per heavy atom. The van der Waals surface area contributed by atoms with Crippen LogP contribution in [0.3, 0.4) is 0 Å². The van der Waals surface area contributed by atoms with E-state index in [4.69, 9.17) is 11.6 Å². The molecule has 0 aliphatic rings. The van der Waals surface area contributed by atoms with Crippen molar-refractivity contribution in [3.63, 3.8) is 0 Å². The highest BCUT2D eigenvalue weighted by Crippen LogP contribution is 2.18. The lowest BCUT2D eigenvalue weighted by molar-refractivity contribution is 1.09. The Balaban J connectivity index is 3.09. The maximum absolute atomic E-state index is 5.68. The maximum atomic E-state index is 5.68. The van der Waals surface area contributed by atoms with Crippen LogP contribution in [0.1, 0.15) is 5.56 Å². The van der Waals surface area contributed by atoms with Gasteiger partial charge in [0.1, 0.15) is 0 Å². The molecule has 0 aliphatic carbocycles. The van der Waals surface area contributed by atoms with Crippen molar-refractivity contribution >= 4 is 17.4 Å². The minimum atomic E-state index is 0.622. The summed E-state index contributed by atoms with van der Waals surface area (Å²) in [6.07, 6.45) is 1.55. The second kappa shape index (κ2) is 3.44. The first-order valence-corrected chi connectivity index (χ1v) is 3.54. The monoisotopic (exact) mass is 169 g/mol. The number of azo groups is 1. The van der Waals surface area contributed by atoms with E-state index in [1.165, 1.54) is 0 Å². The molecule has 0 N–H and O–H groups in total. The van der Waals surface area contributed by atoms with Crippen molar-refractivity contribution in [2.24, 2.45) is 10.2 Å². The predicted molar refractivity (Wildman–Crippen MR) is 44.4 cm³/mol. The van der Waals surface area contributed by atoms with Gasteiger partial charge in [0.25, 0.3) is 0 Å². The molecule has 0 fully saturated rings. The topological polar surface area (TPSA) is 37.6 Å². The van der Waals surface area contributed by atoms with Crippen LogP contribution in [-0.2, 0) is 0 Å². The van der Waals surface area contributed by atoms with Crippen LogP contribution in [0.5, 0.6) is 0 Å². The van der Waals surface area contributed by atoms with E-state index in [2.05, 4.69) is 15.2 Å². The Morgan fingerprint density at radius 1 is 1.55 bits per heavy atom. The number of hydrogen-bond donors (Lipinski definition) is 0. The van der Waals surface area contributed by atoms with Crippen LogP contribution in [0.4, 0.5) is 5.82 Å². The first kappa shape index (κ1) is 8.14. The molecule has 3 nitrogen and oxygen atoms in total. The Kier molecular flexibility index (Phi) is 2.54. The second-order valence-corrected chi connectivity index (χ2v) is 2.53. The third-order valence-corrected chi connectivity index (χ3v) is 1.42. The summed E-state index contributed by atoms with van der Waals surface area (Å²) in [5, 5.41) is 8.04. The fraction of sp³-hybridized carbons (Fsp3) is 0.286. The quantitative estimate of drug-likeness (QED) is 0.596. The molecule has 1 aromatic rings. The summed E-state index contributed by atoms with van der Waals surface area (Å²) in [7, 11) is 1.61. The molecule has 0 aliphatic heterocycles. The van der Waals surface area contributed by atoms with E-state index in [0.29, 0.717) is 10.8 Å². The average Bonchev–Trinajstić information content (AvgIpc) is 1.95. The van der Waals surface area contributed by atoms with Gasteiger partial charge in [0.05, 0.1) is 5.02 Å². The Hall–Kier alpha value is -0.960. The van der Waals surface area contributed by atoms with E-state index in [-0.39, 0.29) is 0 Å². The zero-order valence-corrected chi connectivity index (χ0v) is 7.13. The number of halogens is 1. The number of hydrogen-bond acceptors (Lipinski definition) is 3. The van der Waals surface area contributed by atoms with Gasteiger partial charge in [-0.1, -0.05) is 11.6 Å². The van der Waals surface area contributed by atoms with Crippen molar-refractivity contribution in [1.82, 2.24) is 4.98 Å². The summed E-state index contributed by atoms with van der Waals surface area (Å²) >= 11 is 5.68. The third-order valence-electron chi connectivity index (χ3n) is 1.21. The van der Waals surface area contributed by atoms with Crippen LogP contribution in [0, 0.1) is 6.92 Å². The van der Waals surface area contributed by atoms with Gasteiger partial charge in [-0.25, -0.2) is 4.98 Å². The second-order valence-electron chi connectivity index (χ2n) is 2.09. The molecule has 11 heavy (non-hydrogen) atoms. The van der Waals surface area contributed by atoms with E-state index < -0.39 is 0 Å². The fourth-order valence-corrected chi connectivity index (χ4v) is 0.945. The molecule has 4 heteroatoms. The van der Waals surface area contributed by atoms with Gasteiger partial charge in [0.2, 0.25) is 0 Å². The molecular formula is C7H8ClN3. The molecule has 1 rings (SSSR count). The summed E-state index contributed by atoms with van der Waals surface area (Å²) in [5.41, 5.74) is 0.933. The zero-order chi connectivity index (χ0) is 8.27. The zero-order valence-electron chi connectivity index (χ0n) is 6.37. The molecule has 0 bridgehead atoms. The average molecular weight is 170 g/mol. The van der Waals surface area contributed by atoms with Gasteiger partial charge in [-0.2, -0.15) is 5.11 Å². The molecule has 0 spiro atoms. The lowest BCUT2D eigenvalue weighted by Gasteiger charge is -1.96. The van der Waals surface area contributed by atoms with Crippen LogP contribution in [0.25, 0.3) is 0 Å². The highest BCUT2D eigenvalue weighted by molar-refractivity contribution is 6.30. The normalized spacial score (nSPS) is 10.8. The van der Waals surface area contributed by atoms with Crippen LogP contribution < -0.4 is 0 Å². The van der Waals surface area contributed by atoms with Gasteiger partial charge >= 0.3 is 0 Å². The molecule has 0 atom stereocenters. The molecule has 1 aromatic heterocycles. The first-order chi connectivity index (χ1) is 5.24. The highest BCUT2D eigenvalue weighted by Gasteiger charge is 1.97. The van der Waals surface area contributed by atoms with Gasteiger partial charge in [-0.05, 0) is 18.6 Å². The number of pyridine rings is 1. The van der Waals surface area contributed by atoms with E-state index in [1.54, 1.807) is 19.3 Å². The Labute approximate surface area is 70.1 Å². The molecule has 0 radical (unpaired) electrons. The maximum Gasteiger partial charge on any atom is 0.176 e. The van der Waals surface area contributed by atoms with Crippen LogP contribution in [0.2, 0.25) is 5.02 Å². The van der Waals surface area contributed by atoms with Crippen molar-refractivity contribution < 1.29 is 0 Å². The molecule has 58 valence electrons. The molecule has 0 amide bonds. The first-order valence-electron chi connectivity index (χ1n) is 3.16. The summed E-state index contributed by atoms with van der Waals surface area (Å²) in [6.45, 7) is 1.89. The van der Waals surface area contributed by atoms with Crippen molar-refractivity contribution in [2.45, 2.75) is 6.92 Å². The van der Waals surface area contributed by atoms with Crippen LogP contribution >= 0.6 is 11.6 Å². The predicted octanol–water partition coefficient (Wildman–Crippen LogP) is 2.76. The third kappa shape index (κ3) is 1.98. The summed E-state index contributed by atoms with van der Waals surface area (Å²) in [6, 6.07) is 1.80. The summed E-state index contributed by atoms with van der Waals surface area (Å²) in [5.74, 6) is 0.622. The fourth-order valence-electron chi connectivity index (χ4n) is 0.733. The lowest BCUT2D eigenvalue weighted by atomic mass is 10.3. The van der Waals surface area contributed by atoms with E-state index in [1.807, 2.05) is 6.92 Å². The molecule has 0 saturated heterocycles. The smallest absolute Gasteiger partial charge is 0.176 e. The van der Waals surface area contributed by atoms with E-state index in [0.717, 1.165) is 5.56 Å². The summed E-state index contributed by atoms with van der Waals surface area (Å²) in [4.78, 5) is 3.98. The van der Waals surface area contributed by atoms with E-state index >= 15 is 0 Å². The number of nitrogens with zero attached hydrogens (tertiary/aromatic N) is 3. The van der Waals surface area contributed by atoms with Crippen LogP contribution in [-0.4, -0.2) is 12.0 Å². The molecular weight excluding hydrogens is 162 g/mol. The lowest BCUT2D eigenvalue weighted by Crippen LogP contribution is -1.78. The molecule has 0 unspecified atom stereocenters. The largest absolute Gasteiger partial charge is 0.234 e. The molecule has 0 saturated carbocycles.